The Morgan fingerprint density at radius 2 is 2.17 bits per heavy atom. The van der Waals surface area contributed by atoms with E-state index in [1.54, 1.807) is 7.05 Å². The largest absolute Gasteiger partial charge is 0.366 e. The number of nitrogens with one attached hydrogen (secondary N) is 2. The highest BCUT2D eigenvalue weighted by Crippen LogP contribution is 2.08. The first kappa shape index (κ1) is 9.00. The van der Waals surface area contributed by atoms with Crippen molar-refractivity contribution in [2.75, 3.05) is 12.4 Å². The molecule has 2 nitrogen and oxygen atoms in total. The second-order valence-corrected chi connectivity index (χ2v) is 2.98. The third-order valence-corrected chi connectivity index (χ3v) is 1.81. The van der Waals surface area contributed by atoms with Gasteiger partial charge in [0.1, 0.15) is 0 Å². The van der Waals surface area contributed by atoms with E-state index in [1.165, 1.54) is 5.56 Å². The monoisotopic (exact) mass is 180 g/mol. The lowest BCUT2D eigenvalue weighted by atomic mass is 10.2. The van der Waals surface area contributed by atoms with Gasteiger partial charge in [-0.05, 0) is 36.8 Å². The van der Waals surface area contributed by atoms with Crippen LogP contribution in [0.1, 0.15) is 5.56 Å². The van der Waals surface area contributed by atoms with E-state index in [0.29, 0.717) is 5.11 Å². The molecule has 64 valence electrons. The van der Waals surface area contributed by atoms with Crippen LogP contribution in [0.4, 0.5) is 5.69 Å². The summed E-state index contributed by atoms with van der Waals surface area (Å²) in [5, 5.41) is 6.55. The van der Waals surface area contributed by atoms with Crippen molar-refractivity contribution < 1.29 is 0 Å². The summed E-state index contributed by atoms with van der Waals surface area (Å²) in [4.78, 5) is 0. The van der Waals surface area contributed by atoms with Gasteiger partial charge in [0.05, 0.1) is 0 Å². The van der Waals surface area contributed by atoms with Crippen LogP contribution in [0, 0.1) is 6.92 Å². The smallest absolute Gasteiger partial charge is 0.170 e. The van der Waals surface area contributed by atoms with Crippen LogP contribution in [-0.4, -0.2) is 12.2 Å². The number of hydrogen-bond acceptors (Lipinski definition) is 1. The van der Waals surface area contributed by atoms with Crippen LogP contribution in [0.15, 0.2) is 24.3 Å². The Morgan fingerprint density at radius 1 is 1.42 bits per heavy atom. The van der Waals surface area contributed by atoms with Crippen molar-refractivity contribution in [3.63, 3.8) is 0 Å². The van der Waals surface area contributed by atoms with Crippen LogP contribution >= 0.6 is 12.2 Å². The molecule has 0 spiro atoms. The van der Waals surface area contributed by atoms with E-state index in [4.69, 9.17) is 12.2 Å². The Bertz CT molecular complexity index is 284. The summed E-state index contributed by atoms with van der Waals surface area (Å²) in [6.45, 7) is 2.05. The molecule has 0 fully saturated rings. The first-order chi connectivity index (χ1) is 5.72. The molecule has 0 amide bonds. The van der Waals surface area contributed by atoms with Crippen LogP contribution in [0.2, 0.25) is 0 Å². The normalized spacial score (nSPS) is 9.17. The van der Waals surface area contributed by atoms with Gasteiger partial charge in [0.25, 0.3) is 0 Å². The SMILES string of the molecule is CNC(=S)Nc1cccc(C)c1. The molecule has 0 aromatic heterocycles. The molecule has 0 aliphatic heterocycles. The van der Waals surface area contributed by atoms with E-state index >= 15 is 0 Å². The predicted octanol–water partition coefficient (Wildman–Crippen LogP) is 1.91. The lowest BCUT2D eigenvalue weighted by Crippen LogP contribution is -2.24. The molecule has 0 atom stereocenters. The second kappa shape index (κ2) is 4.07. The third-order valence-electron chi connectivity index (χ3n) is 1.50. The van der Waals surface area contributed by atoms with E-state index in [2.05, 4.69) is 10.6 Å². The summed E-state index contributed by atoms with van der Waals surface area (Å²) in [5.41, 5.74) is 2.24. The minimum atomic E-state index is 0.639. The molecule has 0 unspecified atom stereocenters. The molecule has 12 heavy (non-hydrogen) atoms. The van der Waals surface area contributed by atoms with E-state index in [0.717, 1.165) is 5.69 Å². The zero-order chi connectivity index (χ0) is 8.97. The van der Waals surface area contributed by atoms with Crippen molar-refractivity contribution >= 4 is 23.0 Å². The molecular weight excluding hydrogens is 168 g/mol. The summed E-state index contributed by atoms with van der Waals surface area (Å²) >= 11 is 4.96. The van der Waals surface area contributed by atoms with Gasteiger partial charge < -0.3 is 10.6 Å². The molecule has 1 rings (SSSR count). The molecule has 0 saturated heterocycles. The molecule has 0 saturated carbocycles. The van der Waals surface area contributed by atoms with Crippen molar-refractivity contribution in [1.29, 1.82) is 0 Å². The fourth-order valence-electron chi connectivity index (χ4n) is 0.916. The standard InChI is InChI=1S/C9H12N2S/c1-7-4-3-5-8(6-7)11-9(12)10-2/h3-6H,1-2H3,(H2,10,11,12). The Balaban J connectivity index is 2.69. The molecule has 3 heteroatoms. The van der Waals surface area contributed by atoms with Crippen LogP contribution in [0.5, 0.6) is 0 Å². The maximum absolute atomic E-state index is 4.96. The van der Waals surface area contributed by atoms with Gasteiger partial charge in [0.15, 0.2) is 5.11 Å². The van der Waals surface area contributed by atoms with Crippen molar-refractivity contribution in [2.24, 2.45) is 0 Å². The van der Waals surface area contributed by atoms with Gasteiger partial charge >= 0.3 is 0 Å². The van der Waals surface area contributed by atoms with E-state index in [-0.39, 0.29) is 0 Å². The molecule has 1 aromatic rings. The van der Waals surface area contributed by atoms with Gasteiger partial charge in [-0.25, -0.2) is 0 Å². The molecule has 0 heterocycles. The highest BCUT2D eigenvalue weighted by Gasteiger charge is 1.93. The third kappa shape index (κ3) is 2.51. The minimum Gasteiger partial charge on any atom is -0.366 e. The van der Waals surface area contributed by atoms with Gasteiger partial charge in [-0.15, -0.1) is 0 Å². The van der Waals surface area contributed by atoms with Crippen molar-refractivity contribution in [1.82, 2.24) is 5.32 Å². The number of hydrogen-bond donors (Lipinski definition) is 2. The fourth-order valence-corrected chi connectivity index (χ4v) is 1.03. The molecule has 2 N–H and O–H groups in total. The Hall–Kier alpha value is -1.09. The van der Waals surface area contributed by atoms with Gasteiger partial charge in [-0.1, -0.05) is 12.1 Å². The number of aryl methyl sites for hydroxylation is 1. The maximum atomic E-state index is 4.96. The summed E-state index contributed by atoms with van der Waals surface area (Å²) in [6.07, 6.45) is 0. The summed E-state index contributed by atoms with van der Waals surface area (Å²) in [6, 6.07) is 8.07. The van der Waals surface area contributed by atoms with E-state index in [9.17, 15) is 0 Å². The fraction of sp³-hybridized carbons (Fsp3) is 0.222. The average Bonchev–Trinajstić information content (AvgIpc) is 2.04. The molecule has 0 bridgehead atoms. The second-order valence-electron chi connectivity index (χ2n) is 2.57. The maximum Gasteiger partial charge on any atom is 0.170 e. The van der Waals surface area contributed by atoms with Gasteiger partial charge in [-0.3, -0.25) is 0 Å². The van der Waals surface area contributed by atoms with Crippen LogP contribution in [-0.2, 0) is 0 Å². The van der Waals surface area contributed by atoms with Crippen molar-refractivity contribution in [2.45, 2.75) is 6.92 Å². The summed E-state index contributed by atoms with van der Waals surface area (Å²) < 4.78 is 0. The van der Waals surface area contributed by atoms with Crippen LogP contribution in [0.3, 0.4) is 0 Å². The van der Waals surface area contributed by atoms with Gasteiger partial charge in [0.2, 0.25) is 0 Å². The zero-order valence-corrected chi connectivity index (χ0v) is 8.03. The Kier molecular flexibility index (Phi) is 3.05. The predicted molar refractivity (Wildman–Crippen MR) is 56.5 cm³/mol. The lowest BCUT2D eigenvalue weighted by Gasteiger charge is -2.06. The highest BCUT2D eigenvalue weighted by molar-refractivity contribution is 7.80. The van der Waals surface area contributed by atoms with Crippen LogP contribution < -0.4 is 10.6 Å². The van der Waals surface area contributed by atoms with E-state index < -0.39 is 0 Å². The first-order valence-corrected chi connectivity index (χ1v) is 4.18. The average molecular weight is 180 g/mol. The molecule has 0 radical (unpaired) electrons. The number of rotatable bonds is 1. The number of anilines is 1. The number of thiocarbonyl (C=S) groups is 1. The van der Waals surface area contributed by atoms with Crippen LogP contribution in [0.25, 0.3) is 0 Å². The first-order valence-electron chi connectivity index (χ1n) is 3.78. The zero-order valence-electron chi connectivity index (χ0n) is 7.22. The van der Waals surface area contributed by atoms with Gasteiger partial charge in [-0.2, -0.15) is 0 Å². The van der Waals surface area contributed by atoms with Gasteiger partial charge in [0, 0.05) is 12.7 Å². The highest BCUT2D eigenvalue weighted by atomic mass is 32.1. The molecule has 1 aromatic carbocycles. The minimum absolute atomic E-state index is 0.639. The molecule has 0 aliphatic carbocycles. The van der Waals surface area contributed by atoms with Crippen molar-refractivity contribution in [3.05, 3.63) is 29.8 Å². The Morgan fingerprint density at radius 3 is 2.75 bits per heavy atom. The summed E-state index contributed by atoms with van der Waals surface area (Å²) in [5.74, 6) is 0. The quantitative estimate of drug-likeness (QED) is 0.646. The molecular formula is C9H12N2S. The van der Waals surface area contributed by atoms with E-state index in [1.807, 2.05) is 31.2 Å². The molecule has 0 aliphatic rings. The summed E-state index contributed by atoms with van der Waals surface area (Å²) in [7, 11) is 1.80. The van der Waals surface area contributed by atoms with Crippen molar-refractivity contribution in [3.8, 4) is 0 Å². The topological polar surface area (TPSA) is 24.1 Å². The Labute approximate surface area is 78.0 Å². The lowest BCUT2D eigenvalue weighted by molar-refractivity contribution is 1.20. The number of benzene rings is 1.